The van der Waals surface area contributed by atoms with Gasteiger partial charge in [0.2, 0.25) is 0 Å². The molecule has 0 bridgehead atoms. The van der Waals surface area contributed by atoms with E-state index in [0.717, 1.165) is 0 Å². The summed E-state index contributed by atoms with van der Waals surface area (Å²) in [6.07, 6.45) is 0. The van der Waals surface area contributed by atoms with Gasteiger partial charge < -0.3 is 39.1 Å². The third kappa shape index (κ3) is 9.41. The molecule has 0 aromatic heterocycles. The van der Waals surface area contributed by atoms with Crippen molar-refractivity contribution in [2.75, 3.05) is 5.90 Å². The molecule has 20 heavy (non-hydrogen) atoms. The number of hydrogen-bond donors (Lipinski definition) is 8. The van der Waals surface area contributed by atoms with Gasteiger partial charge in [0.1, 0.15) is 0 Å². The SMILES string of the molecule is O=P(O)(O)C(F)(F)P(=O)(O)O.O=P(O)(O)CP(=O)(O)O. The minimum atomic E-state index is -6.09. The zero-order valence-corrected chi connectivity index (χ0v) is 12.5. The normalized spacial score (nSPS) is 14.5. The minimum absolute atomic E-state index is 1.38. The maximum atomic E-state index is 11.9. The third-order valence-corrected chi connectivity index (χ3v) is 6.98. The maximum absolute atomic E-state index is 11.9. The highest BCUT2D eigenvalue weighted by Crippen LogP contribution is 2.70. The van der Waals surface area contributed by atoms with E-state index in [4.69, 9.17) is 39.1 Å². The lowest BCUT2D eigenvalue weighted by Crippen LogP contribution is -2.16. The molecule has 18 heteroatoms. The molecule has 0 aliphatic heterocycles. The molecule has 0 amide bonds. The van der Waals surface area contributed by atoms with E-state index in [1.54, 1.807) is 0 Å². The zero-order valence-electron chi connectivity index (χ0n) is 8.96. The van der Waals surface area contributed by atoms with Gasteiger partial charge in [-0.25, -0.2) is 0 Å². The first-order valence-corrected chi connectivity index (χ1v) is 10.6. The lowest BCUT2D eigenvalue weighted by molar-refractivity contribution is 0.106. The van der Waals surface area contributed by atoms with Gasteiger partial charge in [0.25, 0.3) is 0 Å². The number of halogens is 2. The fourth-order valence-corrected chi connectivity index (χ4v) is 3.69. The average Bonchev–Trinajstić information content (AvgIpc) is 1.91. The molecule has 0 unspecified atom stereocenters. The van der Waals surface area contributed by atoms with Crippen LogP contribution in [0.15, 0.2) is 0 Å². The summed E-state index contributed by atoms with van der Waals surface area (Å²) in [5.41, 5.74) is 0. The van der Waals surface area contributed by atoms with Crippen molar-refractivity contribution >= 4 is 30.4 Å². The standard InChI is InChI=1S/CH4F2O6P2.CH6O6P2/c2-1(3,10(4,5)6)11(7,8)9;2-8(3,4)1-9(5,6)7/h(H2,4,5,6)(H2,7,8,9);1H2,(H2,2,3,4)(H2,5,6,7). The largest absolute Gasteiger partial charge is 0.443 e. The number of alkyl halides is 2. The Kier molecular flexibility index (Phi) is 7.62. The van der Waals surface area contributed by atoms with Crippen molar-refractivity contribution in [2.24, 2.45) is 0 Å². The van der Waals surface area contributed by atoms with Crippen LogP contribution in [-0.4, -0.2) is 50.5 Å². The zero-order chi connectivity index (χ0) is 17.2. The Balaban J connectivity index is 0. The summed E-state index contributed by atoms with van der Waals surface area (Å²) in [5.74, 6) is -1.38. The van der Waals surface area contributed by atoms with Gasteiger partial charge >= 0.3 is 35.8 Å². The Morgan fingerprint density at radius 2 is 0.850 bits per heavy atom. The van der Waals surface area contributed by atoms with Crippen molar-refractivity contribution in [3.8, 4) is 0 Å². The van der Waals surface area contributed by atoms with E-state index < -0.39 is 41.7 Å². The summed E-state index contributed by atoms with van der Waals surface area (Å²) < 4.78 is 63.0. The highest BCUT2D eigenvalue weighted by atomic mass is 31.2. The molecule has 0 aromatic carbocycles. The van der Waals surface area contributed by atoms with E-state index in [1.165, 1.54) is 0 Å². The summed E-state index contributed by atoms with van der Waals surface area (Å²) in [4.78, 5) is 62.9. The fraction of sp³-hybridized carbons (Fsp3) is 1.00. The summed E-state index contributed by atoms with van der Waals surface area (Å²) >= 11 is 0. The van der Waals surface area contributed by atoms with Crippen LogP contribution >= 0.6 is 30.4 Å². The van der Waals surface area contributed by atoms with Crippen molar-refractivity contribution in [3.05, 3.63) is 0 Å². The molecule has 0 atom stereocenters. The van der Waals surface area contributed by atoms with E-state index in [0.29, 0.717) is 0 Å². The van der Waals surface area contributed by atoms with Crippen LogP contribution in [0.25, 0.3) is 0 Å². The third-order valence-electron chi connectivity index (χ3n) is 1.07. The van der Waals surface area contributed by atoms with Crippen LogP contribution in [0.3, 0.4) is 0 Å². The van der Waals surface area contributed by atoms with Gasteiger partial charge in [0.15, 0.2) is 5.90 Å². The lowest BCUT2D eigenvalue weighted by atomic mass is 11.6. The molecule has 0 heterocycles. The van der Waals surface area contributed by atoms with Gasteiger partial charge in [-0.05, 0) is 0 Å². The highest BCUT2D eigenvalue weighted by Gasteiger charge is 2.63. The van der Waals surface area contributed by atoms with E-state index in [-0.39, 0.29) is 0 Å². The van der Waals surface area contributed by atoms with Crippen molar-refractivity contribution in [1.29, 1.82) is 0 Å². The Bertz CT molecular complexity index is 458. The average molecular weight is 388 g/mol. The molecule has 0 saturated heterocycles. The second-order valence-corrected chi connectivity index (χ2v) is 10.5. The van der Waals surface area contributed by atoms with Crippen molar-refractivity contribution in [1.82, 2.24) is 0 Å². The molecule has 0 aliphatic carbocycles. The first-order chi connectivity index (χ1) is 8.21. The second kappa shape index (κ2) is 6.70. The van der Waals surface area contributed by atoms with Crippen molar-refractivity contribution in [3.63, 3.8) is 0 Å². The van der Waals surface area contributed by atoms with E-state index in [2.05, 4.69) is 0 Å². The molecule has 0 aromatic rings. The summed E-state index contributed by atoms with van der Waals surface area (Å²) in [6, 6.07) is 0. The van der Waals surface area contributed by atoms with Gasteiger partial charge in [-0.15, -0.1) is 0 Å². The smallest absolute Gasteiger partial charge is 0.324 e. The molecule has 8 N–H and O–H groups in total. The Hall–Kier alpha value is 0.460. The summed E-state index contributed by atoms with van der Waals surface area (Å²) in [7, 11) is -21.3. The molecule has 124 valence electrons. The molecule has 0 radical (unpaired) electrons. The van der Waals surface area contributed by atoms with Crippen molar-refractivity contribution in [2.45, 2.75) is 5.40 Å². The fourth-order valence-electron chi connectivity index (χ4n) is 0.410. The Morgan fingerprint density at radius 3 is 0.850 bits per heavy atom. The maximum Gasteiger partial charge on any atom is 0.443 e. The quantitative estimate of drug-likeness (QED) is 0.276. The van der Waals surface area contributed by atoms with Gasteiger partial charge in [0.05, 0.1) is 0 Å². The van der Waals surface area contributed by atoms with E-state index in [9.17, 15) is 27.0 Å². The first-order valence-electron chi connectivity index (χ1n) is 3.79. The lowest BCUT2D eigenvalue weighted by Gasteiger charge is -2.17. The van der Waals surface area contributed by atoms with E-state index >= 15 is 0 Å². The van der Waals surface area contributed by atoms with Crippen LogP contribution in [0.1, 0.15) is 0 Å². The van der Waals surface area contributed by atoms with Gasteiger partial charge in [-0.1, -0.05) is 0 Å². The molecular weight excluding hydrogens is 378 g/mol. The topological polar surface area (TPSA) is 230 Å². The van der Waals surface area contributed by atoms with Crippen LogP contribution < -0.4 is 0 Å². The monoisotopic (exact) mass is 388 g/mol. The van der Waals surface area contributed by atoms with Crippen LogP contribution in [0.2, 0.25) is 0 Å². The summed E-state index contributed by atoms with van der Waals surface area (Å²) in [5, 5.41) is -5.29. The molecule has 0 saturated carbocycles. The molecule has 12 nitrogen and oxygen atoms in total. The molecule has 0 aliphatic rings. The van der Waals surface area contributed by atoms with Gasteiger partial charge in [-0.3, -0.25) is 18.3 Å². The molecular formula is C2H10F2O12P4. The van der Waals surface area contributed by atoms with Crippen LogP contribution in [0, 0.1) is 0 Å². The van der Waals surface area contributed by atoms with Gasteiger partial charge in [-0.2, -0.15) is 8.78 Å². The number of rotatable bonds is 4. The first kappa shape index (κ1) is 22.7. The Morgan fingerprint density at radius 1 is 0.650 bits per heavy atom. The molecule has 0 fully saturated rings. The predicted octanol–water partition coefficient (Wildman–Crippen LogP) is -0.809. The molecule has 0 spiro atoms. The van der Waals surface area contributed by atoms with Crippen LogP contribution in [0.5, 0.6) is 0 Å². The molecule has 0 rings (SSSR count). The van der Waals surface area contributed by atoms with Crippen LogP contribution in [-0.2, 0) is 18.3 Å². The van der Waals surface area contributed by atoms with E-state index in [1.807, 2.05) is 0 Å². The number of hydrogen-bond acceptors (Lipinski definition) is 4. The Labute approximate surface area is 109 Å². The summed E-state index contributed by atoms with van der Waals surface area (Å²) in [6.45, 7) is 0. The second-order valence-electron chi connectivity index (χ2n) is 3.07. The highest BCUT2D eigenvalue weighted by molar-refractivity contribution is 7.71. The van der Waals surface area contributed by atoms with Crippen LogP contribution in [0.4, 0.5) is 8.78 Å². The predicted molar refractivity (Wildman–Crippen MR) is 58.0 cm³/mol. The van der Waals surface area contributed by atoms with Crippen molar-refractivity contribution < 1.29 is 66.2 Å². The van der Waals surface area contributed by atoms with Gasteiger partial charge in [0, 0.05) is 0 Å². The minimum Gasteiger partial charge on any atom is -0.324 e.